The lowest BCUT2D eigenvalue weighted by atomic mass is 10.2. The Morgan fingerprint density at radius 3 is 2.53 bits per heavy atom. The van der Waals surface area contributed by atoms with Crippen LogP contribution in [0.5, 0.6) is 0 Å². The van der Waals surface area contributed by atoms with Crippen LogP contribution < -0.4 is 5.73 Å². The van der Waals surface area contributed by atoms with Gasteiger partial charge in [0.05, 0.1) is 0 Å². The maximum Gasteiger partial charge on any atom is 0.331 e. The van der Waals surface area contributed by atoms with Gasteiger partial charge in [-0.1, -0.05) is 12.1 Å². The number of carbonyl (C=O) groups is 1. The molecule has 0 bridgehead atoms. The molecular formula is C14H17NO2. The van der Waals surface area contributed by atoms with Crippen molar-refractivity contribution in [2.75, 3.05) is 5.73 Å². The summed E-state index contributed by atoms with van der Waals surface area (Å²) in [6.07, 6.45) is 7.68. The molecule has 90 valence electrons. The van der Waals surface area contributed by atoms with Crippen LogP contribution in [0.15, 0.2) is 30.3 Å². The van der Waals surface area contributed by atoms with Crippen LogP contribution in [0.2, 0.25) is 0 Å². The average Bonchev–Trinajstić information content (AvgIpc) is 2.81. The zero-order valence-electron chi connectivity index (χ0n) is 9.76. The molecule has 2 rings (SSSR count). The van der Waals surface area contributed by atoms with E-state index in [2.05, 4.69) is 0 Å². The summed E-state index contributed by atoms with van der Waals surface area (Å²) in [5, 5.41) is 0. The molecule has 0 atom stereocenters. The first-order valence-electron chi connectivity index (χ1n) is 5.98. The molecule has 0 unspecified atom stereocenters. The molecule has 0 aromatic heterocycles. The zero-order valence-corrected chi connectivity index (χ0v) is 9.76. The van der Waals surface area contributed by atoms with Crippen LogP contribution in [0.4, 0.5) is 5.69 Å². The number of esters is 1. The van der Waals surface area contributed by atoms with E-state index in [0.717, 1.165) is 24.1 Å². The number of anilines is 1. The number of rotatable bonds is 3. The molecule has 0 saturated heterocycles. The van der Waals surface area contributed by atoms with Gasteiger partial charge in [0.25, 0.3) is 0 Å². The van der Waals surface area contributed by atoms with Crippen molar-refractivity contribution in [3.05, 3.63) is 35.9 Å². The molecule has 2 N–H and O–H groups in total. The highest BCUT2D eigenvalue weighted by atomic mass is 16.5. The lowest BCUT2D eigenvalue weighted by Crippen LogP contribution is -2.12. The second kappa shape index (κ2) is 5.53. The smallest absolute Gasteiger partial charge is 0.331 e. The summed E-state index contributed by atoms with van der Waals surface area (Å²) >= 11 is 0. The normalized spacial score (nSPS) is 16.5. The fraction of sp³-hybridized carbons (Fsp3) is 0.357. The van der Waals surface area contributed by atoms with Gasteiger partial charge in [-0.3, -0.25) is 0 Å². The largest absolute Gasteiger partial charge is 0.459 e. The Morgan fingerprint density at radius 1 is 1.24 bits per heavy atom. The Bertz CT molecular complexity index is 403. The lowest BCUT2D eigenvalue weighted by Gasteiger charge is -2.08. The number of nitrogens with two attached hydrogens (primary N) is 1. The standard InChI is InChI=1S/C14H17NO2/c15-12-8-5-11(6-9-12)7-10-14(16)17-13-3-1-2-4-13/h5-10,13H,1-4,15H2/b10-7+. The van der Waals surface area contributed by atoms with Gasteiger partial charge >= 0.3 is 5.97 Å². The second-order valence-electron chi connectivity index (χ2n) is 4.34. The van der Waals surface area contributed by atoms with E-state index in [0.29, 0.717) is 0 Å². The summed E-state index contributed by atoms with van der Waals surface area (Å²) in [5.74, 6) is -0.256. The van der Waals surface area contributed by atoms with Gasteiger partial charge in [-0.15, -0.1) is 0 Å². The number of nitrogen functional groups attached to an aromatic ring is 1. The van der Waals surface area contributed by atoms with Crippen LogP contribution in [0.3, 0.4) is 0 Å². The molecule has 0 radical (unpaired) electrons. The maximum atomic E-state index is 11.5. The van der Waals surface area contributed by atoms with Crippen molar-refractivity contribution < 1.29 is 9.53 Å². The fourth-order valence-corrected chi connectivity index (χ4v) is 1.98. The van der Waals surface area contributed by atoms with Gasteiger partial charge in [0.1, 0.15) is 6.10 Å². The number of benzene rings is 1. The van der Waals surface area contributed by atoms with Gasteiger partial charge in [-0.2, -0.15) is 0 Å². The van der Waals surface area contributed by atoms with Crippen molar-refractivity contribution in [1.29, 1.82) is 0 Å². The summed E-state index contributed by atoms with van der Waals surface area (Å²) in [6.45, 7) is 0. The van der Waals surface area contributed by atoms with E-state index >= 15 is 0 Å². The van der Waals surface area contributed by atoms with E-state index in [-0.39, 0.29) is 12.1 Å². The second-order valence-corrected chi connectivity index (χ2v) is 4.34. The number of hydrogen-bond acceptors (Lipinski definition) is 3. The number of carbonyl (C=O) groups excluding carboxylic acids is 1. The van der Waals surface area contributed by atoms with Gasteiger partial charge in [0.2, 0.25) is 0 Å². The third-order valence-electron chi connectivity index (χ3n) is 2.93. The molecule has 1 aliphatic rings. The quantitative estimate of drug-likeness (QED) is 0.494. The first-order valence-corrected chi connectivity index (χ1v) is 5.98. The van der Waals surface area contributed by atoms with Gasteiger partial charge < -0.3 is 10.5 Å². The van der Waals surface area contributed by atoms with Gasteiger partial charge in [0.15, 0.2) is 0 Å². The lowest BCUT2D eigenvalue weighted by molar-refractivity contribution is -0.142. The van der Waals surface area contributed by atoms with E-state index < -0.39 is 0 Å². The molecular weight excluding hydrogens is 214 g/mol. The summed E-state index contributed by atoms with van der Waals surface area (Å²) in [4.78, 5) is 11.5. The molecule has 0 heterocycles. The van der Waals surface area contributed by atoms with Gasteiger partial charge in [0, 0.05) is 11.8 Å². The highest BCUT2D eigenvalue weighted by Crippen LogP contribution is 2.21. The Hall–Kier alpha value is -1.77. The minimum atomic E-state index is -0.256. The molecule has 1 saturated carbocycles. The van der Waals surface area contributed by atoms with Crippen LogP contribution in [-0.2, 0) is 9.53 Å². The highest BCUT2D eigenvalue weighted by Gasteiger charge is 2.17. The predicted octanol–water partition coefficient (Wildman–Crippen LogP) is 2.77. The van der Waals surface area contributed by atoms with Crippen molar-refractivity contribution in [2.24, 2.45) is 0 Å². The Kier molecular flexibility index (Phi) is 3.81. The van der Waals surface area contributed by atoms with Gasteiger partial charge in [-0.05, 0) is 49.5 Å². The van der Waals surface area contributed by atoms with E-state index in [1.165, 1.54) is 18.9 Å². The molecule has 1 aliphatic carbocycles. The maximum absolute atomic E-state index is 11.5. The molecule has 3 heteroatoms. The van der Waals surface area contributed by atoms with Crippen LogP contribution in [0.25, 0.3) is 6.08 Å². The van der Waals surface area contributed by atoms with Crippen LogP contribution >= 0.6 is 0 Å². The zero-order chi connectivity index (χ0) is 12.1. The van der Waals surface area contributed by atoms with Crippen molar-refractivity contribution in [3.8, 4) is 0 Å². The molecule has 1 aromatic rings. The monoisotopic (exact) mass is 231 g/mol. The van der Waals surface area contributed by atoms with E-state index in [4.69, 9.17) is 10.5 Å². The summed E-state index contributed by atoms with van der Waals surface area (Å²) in [7, 11) is 0. The third-order valence-corrected chi connectivity index (χ3v) is 2.93. The first kappa shape index (κ1) is 11.7. The highest BCUT2D eigenvalue weighted by molar-refractivity contribution is 5.87. The van der Waals surface area contributed by atoms with E-state index in [1.807, 2.05) is 24.3 Å². The molecule has 0 spiro atoms. The van der Waals surface area contributed by atoms with E-state index in [1.54, 1.807) is 6.08 Å². The van der Waals surface area contributed by atoms with Crippen LogP contribution in [0, 0.1) is 0 Å². The Morgan fingerprint density at radius 2 is 1.88 bits per heavy atom. The topological polar surface area (TPSA) is 52.3 Å². The van der Waals surface area contributed by atoms with Crippen molar-refractivity contribution in [1.82, 2.24) is 0 Å². The summed E-state index contributed by atoms with van der Waals surface area (Å²) < 4.78 is 5.31. The third kappa shape index (κ3) is 3.63. The van der Waals surface area contributed by atoms with Crippen molar-refractivity contribution >= 4 is 17.7 Å². The molecule has 1 fully saturated rings. The van der Waals surface area contributed by atoms with Crippen molar-refractivity contribution in [2.45, 2.75) is 31.8 Å². The summed E-state index contributed by atoms with van der Waals surface area (Å²) in [6, 6.07) is 7.35. The minimum Gasteiger partial charge on any atom is -0.459 e. The minimum absolute atomic E-state index is 0.124. The van der Waals surface area contributed by atoms with Crippen LogP contribution in [0.1, 0.15) is 31.2 Å². The molecule has 0 amide bonds. The van der Waals surface area contributed by atoms with E-state index in [9.17, 15) is 4.79 Å². The molecule has 0 aliphatic heterocycles. The number of ether oxygens (including phenoxy) is 1. The SMILES string of the molecule is Nc1ccc(/C=C/C(=O)OC2CCCC2)cc1. The number of hydrogen-bond donors (Lipinski definition) is 1. The Balaban J connectivity index is 1.86. The molecule has 3 nitrogen and oxygen atoms in total. The average molecular weight is 231 g/mol. The predicted molar refractivity (Wildman–Crippen MR) is 68.2 cm³/mol. The molecule has 17 heavy (non-hydrogen) atoms. The molecule has 1 aromatic carbocycles. The Labute approximate surface area is 101 Å². The van der Waals surface area contributed by atoms with Gasteiger partial charge in [-0.25, -0.2) is 4.79 Å². The van der Waals surface area contributed by atoms with Crippen LogP contribution in [-0.4, -0.2) is 12.1 Å². The fourth-order valence-electron chi connectivity index (χ4n) is 1.98. The summed E-state index contributed by atoms with van der Waals surface area (Å²) in [5.41, 5.74) is 7.24. The first-order chi connectivity index (χ1) is 8.24. The van der Waals surface area contributed by atoms with Crippen molar-refractivity contribution in [3.63, 3.8) is 0 Å².